The van der Waals surface area contributed by atoms with Crippen LogP contribution in [0.4, 0.5) is 10.5 Å². The Morgan fingerprint density at radius 3 is 2.83 bits per heavy atom. The minimum absolute atomic E-state index is 0.0817. The summed E-state index contributed by atoms with van der Waals surface area (Å²) >= 11 is 0. The molecule has 1 aliphatic heterocycles. The van der Waals surface area contributed by atoms with E-state index in [4.69, 9.17) is 9.15 Å². The minimum atomic E-state index is -0.261. The summed E-state index contributed by atoms with van der Waals surface area (Å²) < 4.78 is 10.7. The molecule has 0 N–H and O–H groups in total. The number of anilines is 1. The van der Waals surface area contributed by atoms with Gasteiger partial charge in [-0.3, -0.25) is 4.79 Å². The summed E-state index contributed by atoms with van der Waals surface area (Å²) in [5.74, 6) is 0.129. The number of nitrogens with zero attached hydrogens (tertiary/aromatic N) is 2. The zero-order chi connectivity index (χ0) is 20.6. The van der Waals surface area contributed by atoms with Gasteiger partial charge in [-0.2, -0.15) is 0 Å². The van der Waals surface area contributed by atoms with Gasteiger partial charge < -0.3 is 19.0 Å². The van der Waals surface area contributed by atoms with Crippen LogP contribution in [-0.4, -0.2) is 42.6 Å². The van der Waals surface area contributed by atoms with Crippen molar-refractivity contribution in [3.8, 4) is 0 Å². The average Bonchev–Trinajstić information content (AvgIpc) is 3.27. The number of hydrogen-bond acceptors (Lipinski definition) is 4. The smallest absolute Gasteiger partial charge is 0.410 e. The number of hydrogen-bond donors (Lipinski definition) is 0. The Balaban J connectivity index is 1.69. The maximum absolute atomic E-state index is 13.0. The van der Waals surface area contributed by atoms with Gasteiger partial charge in [0.05, 0.1) is 0 Å². The van der Waals surface area contributed by atoms with Gasteiger partial charge in [0, 0.05) is 31.4 Å². The summed E-state index contributed by atoms with van der Waals surface area (Å²) in [7, 11) is 0. The van der Waals surface area contributed by atoms with Crippen molar-refractivity contribution in [2.75, 3.05) is 24.5 Å². The summed E-state index contributed by atoms with van der Waals surface area (Å²) in [6.45, 7) is 5.76. The Hall–Kier alpha value is -2.94. The van der Waals surface area contributed by atoms with E-state index in [2.05, 4.69) is 19.3 Å². The zero-order valence-corrected chi connectivity index (χ0v) is 17.1. The summed E-state index contributed by atoms with van der Waals surface area (Å²) in [6.07, 6.45) is 5.78. The fourth-order valence-corrected chi connectivity index (χ4v) is 3.71. The van der Waals surface area contributed by atoms with Crippen LogP contribution in [0.15, 0.2) is 40.8 Å². The first kappa shape index (κ1) is 20.8. The number of para-hydroxylation sites is 1. The summed E-state index contributed by atoms with van der Waals surface area (Å²) in [5, 5.41) is 0. The lowest BCUT2D eigenvalue weighted by atomic mass is 9.97. The number of carbonyl (C=O) groups excluding carboxylic acids is 2. The summed E-state index contributed by atoms with van der Waals surface area (Å²) in [6, 6.07) is 13.7. The number of ether oxygens (including phenoxy) is 1. The Labute approximate surface area is 172 Å². The van der Waals surface area contributed by atoms with Gasteiger partial charge in [0.15, 0.2) is 0 Å². The molecule has 2 aromatic rings. The number of piperidine rings is 1. The van der Waals surface area contributed by atoms with E-state index in [0.29, 0.717) is 19.6 Å². The molecule has 0 spiro atoms. The molecule has 6 heteroatoms. The van der Waals surface area contributed by atoms with Gasteiger partial charge >= 0.3 is 6.09 Å². The summed E-state index contributed by atoms with van der Waals surface area (Å²) in [5.41, 5.74) is 0.796. The van der Waals surface area contributed by atoms with Gasteiger partial charge in [-0.25, -0.2) is 4.79 Å². The number of likely N-dealkylation sites (tertiary alicyclic amines) is 1. The second-order valence-corrected chi connectivity index (χ2v) is 7.55. The Morgan fingerprint density at radius 2 is 2.14 bits per heavy atom. The first-order chi connectivity index (χ1) is 14.1. The summed E-state index contributed by atoms with van der Waals surface area (Å²) in [4.78, 5) is 29.0. The molecule has 6 nitrogen and oxygen atoms in total. The van der Waals surface area contributed by atoms with Crippen molar-refractivity contribution in [1.82, 2.24) is 4.90 Å². The highest BCUT2D eigenvalue weighted by atomic mass is 16.6. The maximum atomic E-state index is 13.0. The molecular formula is C23H28N2O4. The molecule has 0 aliphatic carbocycles. The van der Waals surface area contributed by atoms with Crippen LogP contribution in [0.3, 0.4) is 0 Å². The fraction of sp³-hybridized carbons (Fsp3) is 0.478. The molecule has 29 heavy (non-hydrogen) atoms. The largest absolute Gasteiger partial charge is 0.446 e. The topological polar surface area (TPSA) is 63.0 Å². The van der Waals surface area contributed by atoms with E-state index >= 15 is 0 Å². The lowest BCUT2D eigenvalue weighted by Gasteiger charge is -2.35. The van der Waals surface area contributed by atoms with Gasteiger partial charge in [0.1, 0.15) is 12.4 Å². The van der Waals surface area contributed by atoms with E-state index in [9.17, 15) is 9.59 Å². The molecule has 0 radical (unpaired) electrons. The van der Waals surface area contributed by atoms with Crippen molar-refractivity contribution in [1.29, 1.82) is 0 Å². The van der Waals surface area contributed by atoms with Crippen molar-refractivity contribution in [3.63, 3.8) is 0 Å². The maximum Gasteiger partial charge on any atom is 0.410 e. The van der Waals surface area contributed by atoms with E-state index in [1.807, 2.05) is 37.3 Å². The molecule has 0 saturated carbocycles. The van der Waals surface area contributed by atoms with Crippen molar-refractivity contribution >= 4 is 17.7 Å². The zero-order valence-electron chi connectivity index (χ0n) is 17.1. The first-order valence-corrected chi connectivity index (χ1v) is 10.3. The van der Waals surface area contributed by atoms with Gasteiger partial charge in [-0.1, -0.05) is 31.5 Å². The highest BCUT2D eigenvalue weighted by molar-refractivity contribution is 6.04. The van der Waals surface area contributed by atoms with E-state index in [1.54, 1.807) is 9.80 Å². The van der Waals surface area contributed by atoms with Crippen molar-refractivity contribution in [3.05, 3.63) is 54.5 Å². The van der Waals surface area contributed by atoms with E-state index in [-0.39, 0.29) is 29.8 Å². The molecule has 2 heterocycles. The molecule has 2 unspecified atom stereocenters. The molecule has 2 amide bonds. The number of amides is 2. The third-order valence-electron chi connectivity index (χ3n) is 5.16. The Bertz CT molecular complexity index is 775. The molecule has 1 aromatic heterocycles. The van der Waals surface area contributed by atoms with Gasteiger partial charge in [-0.15, -0.1) is 0 Å². The number of benzene rings is 1. The molecule has 2 atom stereocenters. The van der Waals surface area contributed by atoms with Gasteiger partial charge in [0.25, 0.3) is 5.91 Å². The fourth-order valence-electron chi connectivity index (χ4n) is 3.71. The predicted molar refractivity (Wildman–Crippen MR) is 110 cm³/mol. The molecule has 154 valence electrons. The van der Waals surface area contributed by atoms with Crippen LogP contribution >= 0.6 is 0 Å². The van der Waals surface area contributed by atoms with E-state index in [1.165, 1.54) is 6.07 Å². The highest BCUT2D eigenvalue weighted by Gasteiger charge is 2.29. The first-order valence-electron chi connectivity index (χ1n) is 10.3. The predicted octanol–water partition coefficient (Wildman–Crippen LogP) is 4.56. The Morgan fingerprint density at radius 1 is 1.34 bits per heavy atom. The van der Waals surface area contributed by atoms with Gasteiger partial charge in [0.2, 0.25) is 5.76 Å². The van der Waals surface area contributed by atoms with Crippen LogP contribution in [-0.2, 0) is 4.74 Å². The third-order valence-corrected chi connectivity index (χ3v) is 5.16. The SMILES string of the molecule is CCCC(C)OC(=O)N1CCCC(CN(C(=O)c2cc#co2)c2ccccc2)C1. The second-order valence-electron chi connectivity index (χ2n) is 7.55. The molecular weight excluding hydrogens is 368 g/mol. The van der Waals surface area contributed by atoms with Gasteiger partial charge in [-0.05, 0) is 50.3 Å². The average molecular weight is 396 g/mol. The molecule has 1 aromatic carbocycles. The lowest BCUT2D eigenvalue weighted by Crippen LogP contribution is -2.45. The van der Waals surface area contributed by atoms with Crippen molar-refractivity contribution < 1.29 is 18.7 Å². The van der Waals surface area contributed by atoms with Crippen LogP contribution in [0.1, 0.15) is 50.1 Å². The van der Waals surface area contributed by atoms with E-state index < -0.39 is 0 Å². The minimum Gasteiger partial charge on any atom is -0.446 e. The molecule has 3 rings (SSSR count). The standard InChI is InChI=1S/C23H28N2O4/c1-3-9-18(2)29-23(27)24-14-7-10-19(16-24)17-25(20-11-5-4-6-12-20)22(26)21-13-8-15-28-21/h4-6,11-13,18-19H,3,7,9-10,14,16-17H2,1-2H3. The van der Waals surface area contributed by atoms with Crippen molar-refractivity contribution in [2.24, 2.45) is 5.92 Å². The molecule has 0 bridgehead atoms. The monoisotopic (exact) mass is 396 g/mol. The van der Waals surface area contributed by atoms with Crippen molar-refractivity contribution in [2.45, 2.75) is 45.6 Å². The van der Waals surface area contributed by atoms with Crippen LogP contribution in [0, 0.1) is 18.2 Å². The van der Waals surface area contributed by atoms with Crippen LogP contribution in [0.2, 0.25) is 0 Å². The highest BCUT2D eigenvalue weighted by Crippen LogP contribution is 2.24. The molecule has 1 fully saturated rings. The third kappa shape index (κ3) is 5.54. The van der Waals surface area contributed by atoms with Crippen LogP contribution < -0.4 is 4.90 Å². The van der Waals surface area contributed by atoms with E-state index in [0.717, 1.165) is 31.4 Å². The normalized spacial score (nSPS) is 17.3. The number of carbonyl (C=O) groups is 2. The van der Waals surface area contributed by atoms with Crippen LogP contribution in [0.5, 0.6) is 0 Å². The molecule has 1 saturated heterocycles. The molecule has 1 aliphatic rings. The lowest BCUT2D eigenvalue weighted by molar-refractivity contribution is 0.0539. The quantitative estimate of drug-likeness (QED) is 0.688. The van der Waals surface area contributed by atoms with Crippen LogP contribution in [0.25, 0.3) is 0 Å². The number of rotatable bonds is 7. The second kappa shape index (κ2) is 10.0. The Kier molecular flexibility index (Phi) is 7.18.